The monoisotopic (exact) mass is 492 g/mol. The van der Waals surface area contributed by atoms with E-state index < -0.39 is 6.04 Å². The zero-order valence-electron chi connectivity index (χ0n) is 20.0. The van der Waals surface area contributed by atoms with Gasteiger partial charge in [-0.15, -0.1) is 5.10 Å². The summed E-state index contributed by atoms with van der Waals surface area (Å²) in [4.78, 5) is 19.0. The van der Waals surface area contributed by atoms with E-state index in [4.69, 9.17) is 9.47 Å². The summed E-state index contributed by atoms with van der Waals surface area (Å²) >= 11 is 0. The van der Waals surface area contributed by atoms with Gasteiger partial charge in [0.2, 0.25) is 6.79 Å². The van der Waals surface area contributed by atoms with Gasteiger partial charge in [-0.2, -0.15) is 0 Å². The smallest absolute Gasteiger partial charge is 0.254 e. The predicted molar refractivity (Wildman–Crippen MR) is 138 cm³/mol. The first-order valence-electron chi connectivity index (χ1n) is 12.4. The third kappa shape index (κ3) is 3.79. The number of aromatic amines is 1. The number of nitrogens with zero attached hydrogens (tertiary/aromatic N) is 5. The lowest BCUT2D eigenvalue weighted by Gasteiger charge is -2.37. The second kappa shape index (κ2) is 8.77. The molecule has 2 aliphatic heterocycles. The van der Waals surface area contributed by atoms with E-state index in [-0.39, 0.29) is 12.4 Å². The van der Waals surface area contributed by atoms with Gasteiger partial charge in [0, 0.05) is 29.2 Å². The maximum Gasteiger partial charge on any atom is 0.254 e. The Morgan fingerprint density at radius 3 is 2.68 bits per heavy atom. The SMILES string of the molecule is O=c1[nH]c2cc3c(cc2cc1[C@H](c1nnnn1Cc1ccccc1)N1CCCc2ccccc21)OCO3. The Morgan fingerprint density at radius 1 is 0.973 bits per heavy atom. The molecule has 2 aromatic heterocycles. The highest BCUT2D eigenvalue weighted by Gasteiger charge is 2.33. The van der Waals surface area contributed by atoms with Crippen molar-refractivity contribution in [2.24, 2.45) is 0 Å². The summed E-state index contributed by atoms with van der Waals surface area (Å²) in [6.07, 6.45) is 1.96. The minimum absolute atomic E-state index is 0.171. The highest BCUT2D eigenvalue weighted by atomic mass is 16.7. The van der Waals surface area contributed by atoms with Crippen molar-refractivity contribution in [3.63, 3.8) is 0 Å². The normalized spacial score (nSPS) is 15.1. The number of fused-ring (bicyclic) bond motifs is 3. The quantitative estimate of drug-likeness (QED) is 0.398. The van der Waals surface area contributed by atoms with E-state index >= 15 is 0 Å². The molecule has 0 fully saturated rings. The van der Waals surface area contributed by atoms with Gasteiger partial charge in [-0.25, -0.2) is 4.68 Å². The van der Waals surface area contributed by atoms with Crippen LogP contribution in [-0.4, -0.2) is 38.5 Å². The lowest BCUT2D eigenvalue weighted by atomic mass is 9.96. The van der Waals surface area contributed by atoms with E-state index in [1.165, 1.54) is 5.56 Å². The number of benzene rings is 3. The zero-order chi connectivity index (χ0) is 24.8. The van der Waals surface area contributed by atoms with Crippen LogP contribution in [0.1, 0.15) is 35.0 Å². The van der Waals surface area contributed by atoms with Crippen LogP contribution in [0, 0.1) is 0 Å². The number of tetrazole rings is 1. The van der Waals surface area contributed by atoms with E-state index in [1.807, 2.05) is 54.6 Å². The largest absolute Gasteiger partial charge is 0.454 e. The van der Waals surface area contributed by atoms with Crippen molar-refractivity contribution in [1.82, 2.24) is 25.2 Å². The molecule has 0 amide bonds. The molecule has 3 aromatic carbocycles. The number of anilines is 1. The van der Waals surface area contributed by atoms with Crippen LogP contribution >= 0.6 is 0 Å². The molecule has 4 heterocycles. The molecule has 9 nitrogen and oxygen atoms in total. The van der Waals surface area contributed by atoms with E-state index in [9.17, 15) is 4.79 Å². The standard InChI is InChI=1S/C28H24N6O3/c35-28-21(13-20-14-24-25(37-17-36-24)15-22(20)29-28)26(33-12-6-10-19-9-4-5-11-23(19)33)27-30-31-32-34(27)16-18-7-2-1-3-8-18/h1-5,7-9,11,13-15,26H,6,10,12,16-17H2,(H,29,35)/t26-/m1/s1. The number of aryl methyl sites for hydroxylation is 1. The van der Waals surface area contributed by atoms with Crippen molar-refractivity contribution in [1.29, 1.82) is 0 Å². The Morgan fingerprint density at radius 2 is 1.78 bits per heavy atom. The Hall–Kier alpha value is -4.66. The molecule has 0 saturated heterocycles. The summed E-state index contributed by atoms with van der Waals surface area (Å²) in [6, 6.07) is 23.6. The molecule has 0 bridgehead atoms. The molecule has 1 N–H and O–H groups in total. The molecule has 0 radical (unpaired) electrons. The summed E-state index contributed by atoms with van der Waals surface area (Å²) in [6.45, 7) is 1.45. The number of pyridine rings is 1. The van der Waals surface area contributed by atoms with Crippen molar-refractivity contribution < 1.29 is 9.47 Å². The van der Waals surface area contributed by atoms with Crippen molar-refractivity contribution >= 4 is 16.6 Å². The van der Waals surface area contributed by atoms with Crippen molar-refractivity contribution in [2.75, 3.05) is 18.2 Å². The Kier molecular flexibility index (Phi) is 5.12. The van der Waals surface area contributed by atoms with Crippen molar-refractivity contribution in [3.05, 3.63) is 106 Å². The first-order valence-corrected chi connectivity index (χ1v) is 12.4. The molecule has 0 spiro atoms. The molecule has 0 saturated carbocycles. The average molecular weight is 493 g/mol. The molecule has 1 atom stereocenters. The van der Waals surface area contributed by atoms with Crippen LogP contribution < -0.4 is 19.9 Å². The lowest BCUT2D eigenvalue weighted by molar-refractivity contribution is 0.174. The van der Waals surface area contributed by atoms with Gasteiger partial charge in [0.25, 0.3) is 5.56 Å². The topological polar surface area (TPSA) is 98.2 Å². The fourth-order valence-electron chi connectivity index (χ4n) is 5.37. The van der Waals surface area contributed by atoms with Gasteiger partial charge in [-0.3, -0.25) is 4.79 Å². The molecule has 5 aromatic rings. The van der Waals surface area contributed by atoms with Crippen molar-refractivity contribution in [3.8, 4) is 11.5 Å². The van der Waals surface area contributed by atoms with Crippen molar-refractivity contribution in [2.45, 2.75) is 25.4 Å². The summed E-state index contributed by atoms with van der Waals surface area (Å²) in [5.74, 6) is 1.91. The fraction of sp³-hybridized carbons (Fsp3) is 0.214. The molecule has 9 heteroatoms. The second-order valence-corrected chi connectivity index (χ2v) is 9.36. The molecular weight excluding hydrogens is 468 g/mol. The Balaban J connectivity index is 1.41. The van der Waals surface area contributed by atoms with Crippen LogP contribution in [0.4, 0.5) is 5.69 Å². The van der Waals surface area contributed by atoms with Crippen LogP contribution in [-0.2, 0) is 13.0 Å². The van der Waals surface area contributed by atoms with E-state index in [2.05, 4.69) is 43.6 Å². The number of hydrogen-bond acceptors (Lipinski definition) is 7. The maximum atomic E-state index is 13.7. The third-order valence-electron chi connectivity index (χ3n) is 7.10. The summed E-state index contributed by atoms with van der Waals surface area (Å²) in [7, 11) is 0. The maximum absolute atomic E-state index is 13.7. The number of para-hydroxylation sites is 1. The van der Waals surface area contributed by atoms with Crippen LogP contribution in [0.2, 0.25) is 0 Å². The van der Waals surface area contributed by atoms with Crippen LogP contribution in [0.15, 0.2) is 77.6 Å². The lowest BCUT2D eigenvalue weighted by Crippen LogP contribution is -2.38. The van der Waals surface area contributed by atoms with Gasteiger partial charge in [0.15, 0.2) is 17.3 Å². The van der Waals surface area contributed by atoms with Crippen LogP contribution in [0.3, 0.4) is 0 Å². The molecule has 184 valence electrons. The first kappa shape index (κ1) is 21.6. The Bertz CT molecular complexity index is 1660. The van der Waals surface area contributed by atoms with E-state index in [0.29, 0.717) is 34.9 Å². The number of rotatable bonds is 5. The summed E-state index contributed by atoms with van der Waals surface area (Å²) in [5, 5.41) is 13.7. The first-order chi connectivity index (χ1) is 18.2. The summed E-state index contributed by atoms with van der Waals surface area (Å²) < 4.78 is 12.9. The molecule has 0 unspecified atom stereocenters. The van der Waals surface area contributed by atoms with E-state index in [0.717, 1.165) is 36.0 Å². The number of ether oxygens (including phenoxy) is 2. The van der Waals surface area contributed by atoms with Gasteiger partial charge < -0.3 is 19.4 Å². The van der Waals surface area contributed by atoms with Gasteiger partial charge in [-0.1, -0.05) is 48.5 Å². The predicted octanol–water partition coefficient (Wildman–Crippen LogP) is 3.83. The zero-order valence-corrected chi connectivity index (χ0v) is 20.0. The number of hydrogen-bond donors (Lipinski definition) is 1. The van der Waals surface area contributed by atoms with Crippen LogP contribution in [0.5, 0.6) is 11.5 Å². The Labute approximate surface area is 212 Å². The molecule has 7 rings (SSSR count). The highest BCUT2D eigenvalue weighted by molar-refractivity contribution is 5.83. The summed E-state index contributed by atoms with van der Waals surface area (Å²) in [5.41, 5.74) is 4.51. The van der Waals surface area contributed by atoms with E-state index in [1.54, 1.807) is 4.68 Å². The molecular formula is C28H24N6O3. The number of aromatic nitrogens is 5. The molecule has 0 aliphatic carbocycles. The number of H-pyrrole nitrogens is 1. The van der Waals surface area contributed by atoms with Gasteiger partial charge in [0.05, 0.1) is 12.1 Å². The number of nitrogens with one attached hydrogen (secondary N) is 1. The van der Waals surface area contributed by atoms with Gasteiger partial charge in [-0.05, 0) is 52.6 Å². The molecule has 2 aliphatic rings. The fourth-order valence-corrected chi connectivity index (χ4v) is 5.37. The van der Waals surface area contributed by atoms with Crippen LogP contribution in [0.25, 0.3) is 10.9 Å². The minimum atomic E-state index is -0.487. The minimum Gasteiger partial charge on any atom is -0.454 e. The van der Waals surface area contributed by atoms with Gasteiger partial charge in [0.1, 0.15) is 6.04 Å². The average Bonchev–Trinajstić information content (AvgIpc) is 3.58. The van der Waals surface area contributed by atoms with Gasteiger partial charge >= 0.3 is 0 Å². The third-order valence-corrected chi connectivity index (χ3v) is 7.10. The second-order valence-electron chi connectivity index (χ2n) is 9.36. The highest BCUT2D eigenvalue weighted by Crippen LogP contribution is 2.39. The molecule has 37 heavy (non-hydrogen) atoms.